The lowest BCUT2D eigenvalue weighted by molar-refractivity contribution is 0.598. The maximum absolute atomic E-state index is 11.9. The Hall–Kier alpha value is -3.29. The summed E-state index contributed by atoms with van der Waals surface area (Å²) in [6.45, 7) is 4.00. The van der Waals surface area contributed by atoms with Gasteiger partial charge in [-0.2, -0.15) is 5.10 Å². The van der Waals surface area contributed by atoms with Gasteiger partial charge in [-0.15, -0.1) is 0 Å². The summed E-state index contributed by atoms with van der Waals surface area (Å²) in [5.41, 5.74) is 9.16. The second-order valence-electron chi connectivity index (χ2n) is 8.41. The Labute approximate surface area is 187 Å². The number of benzene rings is 2. The SMILES string of the molecule is Cc1cc(-c2n[nH]c(C)c2-c2ccc(-c3cccc(S(N)(=O)=O)c3)c(C3CC3)c2)ccn1. The molecule has 0 aliphatic heterocycles. The van der Waals surface area contributed by atoms with E-state index < -0.39 is 10.0 Å². The highest BCUT2D eigenvalue weighted by Gasteiger charge is 2.28. The lowest BCUT2D eigenvalue weighted by Gasteiger charge is -2.14. The molecule has 4 aromatic rings. The maximum atomic E-state index is 11.9. The Bertz CT molecular complexity index is 1440. The number of aromatic amines is 1. The van der Waals surface area contributed by atoms with Crippen molar-refractivity contribution in [3.63, 3.8) is 0 Å². The van der Waals surface area contributed by atoms with Crippen LogP contribution in [0, 0.1) is 13.8 Å². The molecule has 2 heterocycles. The fourth-order valence-electron chi connectivity index (χ4n) is 4.24. The van der Waals surface area contributed by atoms with Crippen LogP contribution < -0.4 is 5.14 Å². The van der Waals surface area contributed by atoms with Gasteiger partial charge >= 0.3 is 0 Å². The zero-order chi connectivity index (χ0) is 22.5. The molecule has 0 atom stereocenters. The Morgan fingerprint density at radius 2 is 1.78 bits per heavy atom. The molecule has 0 amide bonds. The van der Waals surface area contributed by atoms with Gasteiger partial charge in [-0.1, -0.05) is 30.3 Å². The highest BCUT2D eigenvalue weighted by Crippen LogP contribution is 2.46. The van der Waals surface area contributed by atoms with E-state index in [0.717, 1.165) is 57.7 Å². The van der Waals surface area contributed by atoms with Crippen LogP contribution in [0.15, 0.2) is 65.7 Å². The standard InChI is InChI=1S/C25H24N4O2S/c1-15-12-20(10-11-27-15)25-24(16(2)28-29-25)19-8-9-22(23(14-19)17-6-7-17)18-4-3-5-21(13-18)32(26,30)31/h3-5,8-14,17H,6-7H2,1-2H3,(H,28,29)(H2,26,30,31). The van der Waals surface area contributed by atoms with Crippen LogP contribution in [0.3, 0.4) is 0 Å². The number of hydrogen-bond acceptors (Lipinski definition) is 4. The number of pyridine rings is 1. The maximum Gasteiger partial charge on any atom is 0.238 e. The molecule has 32 heavy (non-hydrogen) atoms. The van der Waals surface area contributed by atoms with Gasteiger partial charge in [-0.3, -0.25) is 10.1 Å². The number of nitrogens with one attached hydrogen (secondary N) is 1. The number of rotatable bonds is 5. The van der Waals surface area contributed by atoms with E-state index in [2.05, 4.69) is 33.4 Å². The topological polar surface area (TPSA) is 102 Å². The zero-order valence-corrected chi connectivity index (χ0v) is 18.8. The molecule has 0 spiro atoms. The summed E-state index contributed by atoms with van der Waals surface area (Å²) in [5, 5.41) is 13.1. The highest BCUT2D eigenvalue weighted by atomic mass is 32.2. The van der Waals surface area contributed by atoms with Crippen LogP contribution in [-0.2, 0) is 10.0 Å². The van der Waals surface area contributed by atoms with Gasteiger partial charge in [0.05, 0.1) is 4.90 Å². The molecule has 1 aliphatic rings. The van der Waals surface area contributed by atoms with Crippen molar-refractivity contribution < 1.29 is 8.42 Å². The van der Waals surface area contributed by atoms with Crippen molar-refractivity contribution in [2.75, 3.05) is 0 Å². The number of sulfonamides is 1. The van der Waals surface area contributed by atoms with Crippen LogP contribution >= 0.6 is 0 Å². The number of aryl methyl sites for hydroxylation is 2. The first-order valence-corrected chi connectivity index (χ1v) is 12.1. The average molecular weight is 445 g/mol. The predicted octanol–water partition coefficient (Wildman–Crippen LogP) is 4.95. The molecule has 0 radical (unpaired) electrons. The minimum Gasteiger partial charge on any atom is -0.282 e. The first-order valence-electron chi connectivity index (χ1n) is 10.6. The summed E-state index contributed by atoms with van der Waals surface area (Å²) in [7, 11) is -3.76. The zero-order valence-electron chi connectivity index (χ0n) is 18.0. The van der Waals surface area contributed by atoms with Gasteiger partial charge in [0.1, 0.15) is 5.69 Å². The third-order valence-electron chi connectivity index (χ3n) is 5.95. The smallest absolute Gasteiger partial charge is 0.238 e. The predicted molar refractivity (Wildman–Crippen MR) is 126 cm³/mol. The molecule has 5 rings (SSSR count). The van der Waals surface area contributed by atoms with Gasteiger partial charge in [-0.05, 0) is 79.1 Å². The van der Waals surface area contributed by atoms with Crippen LogP contribution in [0.1, 0.15) is 35.7 Å². The molecular formula is C25H24N4O2S. The molecule has 162 valence electrons. The highest BCUT2D eigenvalue weighted by molar-refractivity contribution is 7.89. The van der Waals surface area contributed by atoms with Crippen molar-refractivity contribution in [1.82, 2.24) is 15.2 Å². The molecule has 3 N–H and O–H groups in total. The van der Waals surface area contributed by atoms with Crippen LogP contribution in [0.25, 0.3) is 33.5 Å². The fraction of sp³-hybridized carbons (Fsp3) is 0.200. The van der Waals surface area contributed by atoms with Crippen LogP contribution in [0.2, 0.25) is 0 Å². The van der Waals surface area contributed by atoms with E-state index in [1.807, 2.05) is 32.0 Å². The van der Waals surface area contributed by atoms with Gasteiger partial charge in [-0.25, -0.2) is 13.6 Å². The van der Waals surface area contributed by atoms with Crippen molar-refractivity contribution in [3.05, 3.63) is 77.7 Å². The first-order chi connectivity index (χ1) is 15.3. The number of nitrogens with two attached hydrogens (primary N) is 1. The van der Waals surface area contributed by atoms with Gasteiger partial charge < -0.3 is 0 Å². The first kappa shape index (κ1) is 20.6. The van der Waals surface area contributed by atoms with E-state index in [1.54, 1.807) is 18.3 Å². The summed E-state index contributed by atoms with van der Waals surface area (Å²) < 4.78 is 23.7. The third-order valence-corrected chi connectivity index (χ3v) is 6.86. The molecule has 7 heteroatoms. The van der Waals surface area contributed by atoms with E-state index in [-0.39, 0.29) is 4.90 Å². The Morgan fingerprint density at radius 1 is 0.969 bits per heavy atom. The summed E-state index contributed by atoms with van der Waals surface area (Å²) in [4.78, 5) is 4.43. The normalized spacial score (nSPS) is 14.0. The quantitative estimate of drug-likeness (QED) is 0.455. The van der Waals surface area contributed by atoms with Crippen molar-refractivity contribution in [2.45, 2.75) is 37.5 Å². The van der Waals surface area contributed by atoms with Crippen molar-refractivity contribution in [3.8, 4) is 33.5 Å². The molecular weight excluding hydrogens is 420 g/mol. The fourth-order valence-corrected chi connectivity index (χ4v) is 4.80. The summed E-state index contributed by atoms with van der Waals surface area (Å²) in [6.07, 6.45) is 4.06. The molecule has 1 fully saturated rings. The van der Waals surface area contributed by atoms with E-state index in [4.69, 9.17) is 5.14 Å². The van der Waals surface area contributed by atoms with Crippen LogP contribution in [0.5, 0.6) is 0 Å². The summed E-state index contributed by atoms with van der Waals surface area (Å²) in [5.74, 6) is 0.474. The largest absolute Gasteiger partial charge is 0.282 e. The Kier molecular flexibility index (Phi) is 4.95. The van der Waals surface area contributed by atoms with Crippen LogP contribution in [-0.4, -0.2) is 23.6 Å². The summed E-state index contributed by atoms with van der Waals surface area (Å²) >= 11 is 0. The van der Waals surface area contributed by atoms with E-state index >= 15 is 0 Å². The Balaban J connectivity index is 1.64. The average Bonchev–Trinajstić information content (AvgIpc) is 3.54. The van der Waals surface area contributed by atoms with E-state index in [1.165, 1.54) is 11.6 Å². The van der Waals surface area contributed by atoms with Gasteiger partial charge in [0.25, 0.3) is 0 Å². The lowest BCUT2D eigenvalue weighted by atomic mass is 9.91. The monoisotopic (exact) mass is 444 g/mol. The number of aromatic nitrogens is 3. The molecule has 6 nitrogen and oxygen atoms in total. The third kappa shape index (κ3) is 3.85. The molecule has 0 saturated heterocycles. The molecule has 0 bridgehead atoms. The van der Waals surface area contributed by atoms with Gasteiger partial charge in [0.15, 0.2) is 0 Å². The number of hydrogen-bond donors (Lipinski definition) is 2. The molecule has 1 aliphatic carbocycles. The van der Waals surface area contributed by atoms with Crippen molar-refractivity contribution >= 4 is 10.0 Å². The minimum atomic E-state index is -3.76. The van der Waals surface area contributed by atoms with E-state index in [9.17, 15) is 8.42 Å². The second-order valence-corrected chi connectivity index (χ2v) is 9.97. The van der Waals surface area contributed by atoms with E-state index in [0.29, 0.717) is 5.92 Å². The molecule has 2 aromatic heterocycles. The van der Waals surface area contributed by atoms with Crippen molar-refractivity contribution in [1.29, 1.82) is 0 Å². The number of nitrogens with zero attached hydrogens (tertiary/aromatic N) is 2. The molecule has 2 aromatic carbocycles. The van der Waals surface area contributed by atoms with Gasteiger partial charge in [0, 0.05) is 28.7 Å². The molecule has 1 saturated carbocycles. The molecule has 0 unspecified atom stereocenters. The number of H-pyrrole nitrogens is 1. The van der Waals surface area contributed by atoms with Gasteiger partial charge in [0.2, 0.25) is 10.0 Å². The Morgan fingerprint density at radius 3 is 2.50 bits per heavy atom. The lowest BCUT2D eigenvalue weighted by Crippen LogP contribution is -2.12. The minimum absolute atomic E-state index is 0.127. The van der Waals surface area contributed by atoms with Crippen LogP contribution in [0.4, 0.5) is 0 Å². The summed E-state index contributed by atoms with van der Waals surface area (Å²) in [6, 6.07) is 17.3. The number of primary sulfonamides is 1. The second kappa shape index (κ2) is 7.69. The van der Waals surface area contributed by atoms with Crippen molar-refractivity contribution in [2.24, 2.45) is 5.14 Å².